The number of fused-ring (bicyclic) bond motifs is 4. The van der Waals surface area contributed by atoms with E-state index >= 15 is 0 Å². The molecule has 35 heavy (non-hydrogen) atoms. The molecule has 1 N–H and O–H groups in total. The molecule has 5 rings (SSSR count). The zero-order valence-corrected chi connectivity index (χ0v) is 21.0. The number of methoxy groups -OCH3 is 1. The Morgan fingerprint density at radius 2 is 2.03 bits per heavy atom. The highest BCUT2D eigenvalue weighted by Crippen LogP contribution is 2.42. The van der Waals surface area contributed by atoms with Crippen molar-refractivity contribution in [1.29, 1.82) is 0 Å². The van der Waals surface area contributed by atoms with Crippen molar-refractivity contribution < 1.29 is 9.53 Å². The van der Waals surface area contributed by atoms with Gasteiger partial charge in [0.2, 0.25) is 11.7 Å². The van der Waals surface area contributed by atoms with Crippen molar-refractivity contribution in [3.63, 3.8) is 0 Å². The molecule has 1 amide bonds. The zero-order valence-electron chi connectivity index (χ0n) is 20.2. The average molecular weight is 490 g/mol. The number of aryl methyl sites for hydroxylation is 1. The molecular weight excluding hydrogens is 462 g/mol. The fraction of sp³-hybridized carbons (Fsp3) is 0.308. The summed E-state index contributed by atoms with van der Waals surface area (Å²) < 4.78 is 8.36. The molecule has 180 valence electrons. The second kappa shape index (κ2) is 8.88. The Kier molecular flexibility index (Phi) is 5.88. The van der Waals surface area contributed by atoms with E-state index in [1.807, 2.05) is 30.3 Å². The number of hydrogen-bond donors (Lipinski definition) is 1. The number of anilines is 1. The smallest absolute Gasteiger partial charge is 0.265 e. The third kappa shape index (κ3) is 3.99. The van der Waals surface area contributed by atoms with Crippen LogP contribution in [0.2, 0.25) is 0 Å². The highest BCUT2D eigenvalue weighted by Gasteiger charge is 2.38. The van der Waals surface area contributed by atoms with Crippen LogP contribution in [0.3, 0.4) is 0 Å². The van der Waals surface area contributed by atoms with Crippen molar-refractivity contribution in [1.82, 2.24) is 19.2 Å². The lowest BCUT2D eigenvalue weighted by Gasteiger charge is -2.34. The van der Waals surface area contributed by atoms with Gasteiger partial charge in [-0.15, -0.1) is 5.10 Å². The van der Waals surface area contributed by atoms with E-state index in [4.69, 9.17) is 9.72 Å². The van der Waals surface area contributed by atoms with Gasteiger partial charge in [0.25, 0.3) is 5.56 Å². The van der Waals surface area contributed by atoms with Gasteiger partial charge in [0.05, 0.1) is 24.1 Å². The minimum absolute atomic E-state index is 0.0979. The molecule has 1 unspecified atom stereocenters. The zero-order chi connectivity index (χ0) is 24.7. The molecule has 2 aromatic heterocycles. The van der Waals surface area contributed by atoms with E-state index in [2.05, 4.69) is 30.3 Å². The summed E-state index contributed by atoms with van der Waals surface area (Å²) in [4.78, 5) is 31.5. The first kappa shape index (κ1) is 23.2. The molecule has 2 aromatic carbocycles. The lowest BCUT2D eigenvalue weighted by Crippen LogP contribution is -2.37. The van der Waals surface area contributed by atoms with Gasteiger partial charge in [0, 0.05) is 29.8 Å². The van der Waals surface area contributed by atoms with Crippen molar-refractivity contribution in [2.45, 2.75) is 37.3 Å². The van der Waals surface area contributed by atoms with E-state index in [-0.39, 0.29) is 22.6 Å². The largest absolute Gasteiger partial charge is 0.497 e. The highest BCUT2D eigenvalue weighted by molar-refractivity contribution is 7.99. The molecule has 1 atom stereocenters. The fourth-order valence-corrected chi connectivity index (χ4v) is 5.50. The molecule has 0 saturated carbocycles. The van der Waals surface area contributed by atoms with Crippen LogP contribution in [0.4, 0.5) is 5.69 Å². The maximum atomic E-state index is 13.9. The van der Waals surface area contributed by atoms with Gasteiger partial charge >= 0.3 is 0 Å². The quantitative estimate of drug-likeness (QED) is 0.411. The molecule has 0 bridgehead atoms. The van der Waals surface area contributed by atoms with Gasteiger partial charge in [-0.1, -0.05) is 55.9 Å². The Morgan fingerprint density at radius 1 is 1.23 bits per heavy atom. The number of aromatic nitrogens is 4. The topological polar surface area (TPSA) is 90.5 Å². The van der Waals surface area contributed by atoms with E-state index < -0.39 is 0 Å². The Balaban J connectivity index is 1.51. The highest BCUT2D eigenvalue weighted by atomic mass is 32.2. The van der Waals surface area contributed by atoms with Crippen LogP contribution in [-0.4, -0.2) is 37.9 Å². The van der Waals surface area contributed by atoms with Gasteiger partial charge in [-0.2, -0.15) is 0 Å². The van der Waals surface area contributed by atoms with Crippen molar-refractivity contribution in [3.05, 3.63) is 70.0 Å². The van der Waals surface area contributed by atoms with Crippen molar-refractivity contribution in [2.24, 2.45) is 7.05 Å². The normalized spacial score (nSPS) is 16.6. The number of carbonyl (C=O) groups excluding carboxylic acids is 1. The molecule has 0 fully saturated rings. The first-order valence-corrected chi connectivity index (χ1v) is 12.5. The minimum Gasteiger partial charge on any atom is -0.497 e. The van der Waals surface area contributed by atoms with E-state index in [0.29, 0.717) is 27.9 Å². The van der Waals surface area contributed by atoms with Gasteiger partial charge in [-0.05, 0) is 30.5 Å². The molecule has 8 nitrogen and oxygen atoms in total. The molecule has 4 aromatic rings. The Morgan fingerprint density at radius 3 is 2.80 bits per heavy atom. The monoisotopic (exact) mass is 489 g/mol. The number of benzene rings is 2. The first-order chi connectivity index (χ1) is 16.8. The minimum atomic E-state index is -0.337. The van der Waals surface area contributed by atoms with E-state index in [1.54, 1.807) is 35.4 Å². The average Bonchev–Trinajstić information content (AvgIpc) is 3.18. The van der Waals surface area contributed by atoms with Crippen LogP contribution in [0.15, 0.2) is 58.5 Å². The van der Waals surface area contributed by atoms with Crippen LogP contribution in [0.1, 0.15) is 31.4 Å². The number of nitrogens with zero attached hydrogens (tertiary/aromatic N) is 4. The van der Waals surface area contributed by atoms with Crippen molar-refractivity contribution >= 4 is 29.1 Å². The van der Waals surface area contributed by atoms with Gasteiger partial charge < -0.3 is 10.1 Å². The number of hydrogen-bond acceptors (Lipinski definition) is 6. The van der Waals surface area contributed by atoms with Crippen LogP contribution < -0.4 is 15.6 Å². The lowest BCUT2D eigenvalue weighted by molar-refractivity contribution is -0.113. The number of carbonyl (C=O) groups is 1. The summed E-state index contributed by atoms with van der Waals surface area (Å²) in [6, 6.07) is 15.3. The van der Waals surface area contributed by atoms with E-state index in [9.17, 15) is 9.59 Å². The van der Waals surface area contributed by atoms with Crippen LogP contribution >= 0.6 is 11.8 Å². The van der Waals surface area contributed by atoms with Crippen molar-refractivity contribution in [3.8, 4) is 17.0 Å². The summed E-state index contributed by atoms with van der Waals surface area (Å²) in [6.07, 6.45) is 1.59. The molecule has 0 saturated heterocycles. The Labute approximate surface area is 207 Å². The van der Waals surface area contributed by atoms with Gasteiger partial charge in [0.15, 0.2) is 5.16 Å². The SMILES string of the molecule is CCC1(C)Cc2ccccc2-c2nc3n(C)nc(SCC(=O)Nc4cccc(OC)c4)n3c(=O)c21. The maximum Gasteiger partial charge on any atom is 0.265 e. The standard InChI is InChI=1S/C26H27N5O3S/c1-5-26(2)14-16-9-6-7-12-19(16)22-21(26)23(33)31-24(28-22)30(3)29-25(31)35-15-20(32)27-17-10-8-11-18(13-17)34-4/h6-13H,5,14-15H2,1-4H3,(H,27,32). The molecular formula is C26H27N5O3S. The lowest BCUT2D eigenvalue weighted by atomic mass is 9.69. The third-order valence-corrected chi connectivity index (χ3v) is 7.63. The van der Waals surface area contributed by atoms with Crippen molar-refractivity contribution in [2.75, 3.05) is 18.2 Å². The van der Waals surface area contributed by atoms with Crippen LogP contribution in [-0.2, 0) is 23.7 Å². The predicted molar refractivity (Wildman–Crippen MR) is 137 cm³/mol. The molecule has 0 radical (unpaired) electrons. The number of ether oxygens (including phenoxy) is 1. The summed E-state index contributed by atoms with van der Waals surface area (Å²) in [5.41, 5.74) is 3.84. The number of nitrogens with one attached hydrogen (secondary N) is 1. The van der Waals surface area contributed by atoms with Gasteiger partial charge in [-0.3, -0.25) is 9.59 Å². The Bertz CT molecular complexity index is 1510. The molecule has 0 spiro atoms. The van der Waals surface area contributed by atoms with E-state index in [1.165, 1.54) is 17.3 Å². The summed E-state index contributed by atoms with van der Waals surface area (Å²) >= 11 is 1.21. The number of thioether (sulfide) groups is 1. The second-order valence-corrected chi connectivity index (χ2v) is 9.94. The first-order valence-electron chi connectivity index (χ1n) is 11.5. The fourth-order valence-electron chi connectivity index (χ4n) is 4.69. The molecule has 0 aliphatic heterocycles. The van der Waals surface area contributed by atoms with E-state index in [0.717, 1.165) is 24.1 Å². The second-order valence-electron chi connectivity index (χ2n) is 9.00. The summed E-state index contributed by atoms with van der Waals surface area (Å²) in [7, 11) is 3.35. The number of rotatable bonds is 6. The van der Waals surface area contributed by atoms with Crippen LogP contribution in [0.5, 0.6) is 5.75 Å². The summed E-state index contributed by atoms with van der Waals surface area (Å²) in [5.74, 6) is 1.02. The predicted octanol–water partition coefficient (Wildman–Crippen LogP) is 4.06. The van der Waals surface area contributed by atoms with Gasteiger partial charge in [-0.25, -0.2) is 14.1 Å². The summed E-state index contributed by atoms with van der Waals surface area (Å²) in [6.45, 7) is 4.23. The third-order valence-electron chi connectivity index (χ3n) is 6.70. The molecule has 1 aliphatic rings. The van der Waals surface area contributed by atoms with Gasteiger partial charge in [0.1, 0.15) is 5.75 Å². The summed E-state index contributed by atoms with van der Waals surface area (Å²) in [5, 5.41) is 7.85. The maximum absolute atomic E-state index is 13.9. The number of amides is 1. The molecule has 9 heteroatoms. The van der Waals surface area contributed by atoms with Crippen LogP contribution in [0.25, 0.3) is 17.0 Å². The van der Waals surface area contributed by atoms with Crippen LogP contribution in [0, 0.1) is 0 Å². The molecule has 1 aliphatic carbocycles. The molecule has 2 heterocycles. The Hall–Kier alpha value is -3.59.